The highest BCUT2D eigenvalue weighted by Crippen LogP contribution is 2.36. The fraction of sp³-hybridized carbons (Fsp3) is 0.647. The fourth-order valence-electron chi connectivity index (χ4n) is 3.09. The first-order chi connectivity index (χ1) is 9.76. The summed E-state index contributed by atoms with van der Waals surface area (Å²) in [6.07, 6.45) is 6.29. The van der Waals surface area contributed by atoms with E-state index in [1.54, 1.807) is 14.2 Å². The van der Waals surface area contributed by atoms with Crippen LogP contribution < -0.4 is 14.8 Å². The van der Waals surface area contributed by atoms with Crippen LogP contribution >= 0.6 is 0 Å². The fourth-order valence-corrected chi connectivity index (χ4v) is 3.09. The molecule has 0 aromatic heterocycles. The molecule has 0 spiro atoms. The molecule has 112 valence electrons. The minimum atomic E-state index is 0.613. The lowest BCUT2D eigenvalue weighted by atomic mass is 9.81. The van der Waals surface area contributed by atoms with Crippen LogP contribution in [0.25, 0.3) is 0 Å². The zero-order valence-corrected chi connectivity index (χ0v) is 12.9. The molecule has 0 saturated heterocycles. The van der Waals surface area contributed by atoms with Gasteiger partial charge in [0.2, 0.25) is 0 Å². The highest BCUT2D eigenvalue weighted by Gasteiger charge is 2.23. The summed E-state index contributed by atoms with van der Waals surface area (Å²) in [6.45, 7) is 3.35. The predicted molar refractivity (Wildman–Crippen MR) is 82.8 cm³/mol. The first-order valence-corrected chi connectivity index (χ1v) is 7.73. The second-order valence-corrected chi connectivity index (χ2v) is 5.66. The van der Waals surface area contributed by atoms with Crippen molar-refractivity contribution in [3.8, 4) is 11.5 Å². The molecule has 0 heterocycles. The maximum absolute atomic E-state index is 5.38. The predicted octanol–water partition coefficient (Wildman–Crippen LogP) is 3.73. The van der Waals surface area contributed by atoms with Gasteiger partial charge in [0.15, 0.2) is 0 Å². The molecular formula is C17H27NO2. The summed E-state index contributed by atoms with van der Waals surface area (Å²) >= 11 is 0. The van der Waals surface area contributed by atoms with Gasteiger partial charge in [-0.2, -0.15) is 0 Å². The van der Waals surface area contributed by atoms with Crippen molar-refractivity contribution in [2.75, 3.05) is 20.8 Å². The number of hydrogen-bond acceptors (Lipinski definition) is 3. The normalized spacial score (nSPS) is 22.6. The lowest BCUT2D eigenvalue weighted by Crippen LogP contribution is -2.34. The molecule has 2 unspecified atom stereocenters. The lowest BCUT2D eigenvalue weighted by Gasteiger charge is -2.30. The summed E-state index contributed by atoms with van der Waals surface area (Å²) in [5, 5.41) is 3.67. The second-order valence-electron chi connectivity index (χ2n) is 5.66. The number of ether oxygens (including phenoxy) is 2. The van der Waals surface area contributed by atoms with E-state index >= 15 is 0 Å². The molecule has 3 nitrogen and oxygen atoms in total. The van der Waals surface area contributed by atoms with Gasteiger partial charge in [0, 0.05) is 12.1 Å². The van der Waals surface area contributed by atoms with Gasteiger partial charge < -0.3 is 14.8 Å². The van der Waals surface area contributed by atoms with Crippen LogP contribution in [0.1, 0.15) is 50.5 Å². The Morgan fingerprint density at radius 3 is 2.40 bits per heavy atom. The molecule has 1 aromatic carbocycles. The Balaban J connectivity index is 2.09. The van der Waals surface area contributed by atoms with E-state index in [0.29, 0.717) is 12.0 Å². The Hall–Kier alpha value is -1.22. The van der Waals surface area contributed by atoms with E-state index in [9.17, 15) is 0 Å². The van der Waals surface area contributed by atoms with Crippen molar-refractivity contribution in [3.63, 3.8) is 0 Å². The van der Waals surface area contributed by atoms with Gasteiger partial charge in [0.1, 0.15) is 11.5 Å². The molecule has 1 fully saturated rings. The summed E-state index contributed by atoms with van der Waals surface area (Å²) in [5.74, 6) is 2.40. The minimum absolute atomic E-state index is 0.613. The van der Waals surface area contributed by atoms with Gasteiger partial charge in [0.05, 0.1) is 14.2 Å². The molecule has 1 aliphatic rings. The van der Waals surface area contributed by atoms with Crippen LogP contribution in [0, 0.1) is 0 Å². The van der Waals surface area contributed by atoms with Crippen molar-refractivity contribution in [2.45, 2.75) is 51.0 Å². The van der Waals surface area contributed by atoms with Gasteiger partial charge in [-0.3, -0.25) is 0 Å². The average molecular weight is 277 g/mol. The van der Waals surface area contributed by atoms with Crippen LogP contribution in [0.3, 0.4) is 0 Å². The third kappa shape index (κ3) is 3.89. The van der Waals surface area contributed by atoms with Crippen molar-refractivity contribution in [3.05, 3.63) is 23.8 Å². The number of hydrogen-bond donors (Lipinski definition) is 1. The van der Waals surface area contributed by atoms with Crippen LogP contribution in [0.5, 0.6) is 11.5 Å². The Morgan fingerprint density at radius 2 is 1.80 bits per heavy atom. The smallest absolute Gasteiger partial charge is 0.122 e. The standard InChI is InChI=1S/C17H27NO2/c1-4-8-18-15-7-5-6-13(9-15)14-10-16(19-2)12-17(11-14)20-3/h10-13,15,18H,4-9H2,1-3H3. The molecule has 1 saturated carbocycles. The highest BCUT2D eigenvalue weighted by atomic mass is 16.5. The number of rotatable bonds is 6. The molecule has 3 heteroatoms. The Bertz CT molecular complexity index is 397. The van der Waals surface area contributed by atoms with E-state index in [-0.39, 0.29) is 0 Å². The quantitative estimate of drug-likeness (QED) is 0.859. The van der Waals surface area contributed by atoms with E-state index < -0.39 is 0 Å². The SMILES string of the molecule is CCCNC1CCCC(c2cc(OC)cc(OC)c2)C1. The van der Waals surface area contributed by atoms with E-state index in [0.717, 1.165) is 18.0 Å². The molecule has 1 aromatic rings. The van der Waals surface area contributed by atoms with Crippen LogP contribution in [-0.2, 0) is 0 Å². The summed E-state index contributed by atoms with van der Waals surface area (Å²) < 4.78 is 10.8. The first-order valence-electron chi connectivity index (χ1n) is 7.73. The van der Waals surface area contributed by atoms with Crippen molar-refractivity contribution in [2.24, 2.45) is 0 Å². The van der Waals surface area contributed by atoms with E-state index in [4.69, 9.17) is 9.47 Å². The van der Waals surface area contributed by atoms with Gasteiger partial charge in [-0.1, -0.05) is 13.3 Å². The molecule has 0 bridgehead atoms. The van der Waals surface area contributed by atoms with Gasteiger partial charge in [-0.05, 0) is 55.8 Å². The third-order valence-corrected chi connectivity index (χ3v) is 4.20. The molecule has 1 aliphatic carbocycles. The number of methoxy groups -OCH3 is 2. The summed E-state index contributed by atoms with van der Waals surface area (Å²) in [6, 6.07) is 6.93. The Kier molecular flexibility index (Phi) is 5.72. The monoisotopic (exact) mass is 277 g/mol. The molecule has 20 heavy (non-hydrogen) atoms. The summed E-state index contributed by atoms with van der Waals surface area (Å²) in [4.78, 5) is 0. The van der Waals surface area contributed by atoms with Gasteiger partial charge >= 0.3 is 0 Å². The largest absolute Gasteiger partial charge is 0.497 e. The molecule has 1 N–H and O–H groups in total. The Labute approximate surface area is 122 Å². The third-order valence-electron chi connectivity index (χ3n) is 4.20. The van der Waals surface area contributed by atoms with Crippen molar-refractivity contribution < 1.29 is 9.47 Å². The molecule has 0 radical (unpaired) electrons. The lowest BCUT2D eigenvalue weighted by molar-refractivity contribution is 0.337. The summed E-state index contributed by atoms with van der Waals surface area (Å²) in [7, 11) is 3.43. The van der Waals surface area contributed by atoms with Crippen molar-refractivity contribution >= 4 is 0 Å². The van der Waals surface area contributed by atoms with Crippen molar-refractivity contribution in [1.82, 2.24) is 5.32 Å². The highest BCUT2D eigenvalue weighted by molar-refractivity contribution is 5.40. The maximum atomic E-state index is 5.38. The topological polar surface area (TPSA) is 30.5 Å². The molecule has 2 atom stereocenters. The minimum Gasteiger partial charge on any atom is -0.497 e. The first kappa shape index (κ1) is 15.2. The maximum Gasteiger partial charge on any atom is 0.122 e. The van der Waals surface area contributed by atoms with Gasteiger partial charge in [-0.15, -0.1) is 0 Å². The zero-order valence-electron chi connectivity index (χ0n) is 12.9. The average Bonchev–Trinajstić information content (AvgIpc) is 2.52. The molecule has 0 aliphatic heterocycles. The van der Waals surface area contributed by atoms with E-state index in [1.807, 2.05) is 6.07 Å². The van der Waals surface area contributed by atoms with Crippen LogP contribution in [0.15, 0.2) is 18.2 Å². The molecule has 2 rings (SSSR count). The van der Waals surface area contributed by atoms with Gasteiger partial charge in [-0.25, -0.2) is 0 Å². The van der Waals surface area contributed by atoms with Crippen LogP contribution in [0.4, 0.5) is 0 Å². The molecule has 0 amide bonds. The van der Waals surface area contributed by atoms with E-state index in [1.165, 1.54) is 37.7 Å². The second kappa shape index (κ2) is 7.53. The Morgan fingerprint density at radius 1 is 1.10 bits per heavy atom. The van der Waals surface area contributed by atoms with Crippen LogP contribution in [0.2, 0.25) is 0 Å². The number of benzene rings is 1. The molecular weight excluding hydrogens is 250 g/mol. The van der Waals surface area contributed by atoms with Crippen molar-refractivity contribution in [1.29, 1.82) is 0 Å². The van der Waals surface area contributed by atoms with E-state index in [2.05, 4.69) is 24.4 Å². The summed E-state index contributed by atoms with van der Waals surface area (Å²) in [5.41, 5.74) is 1.35. The number of nitrogens with one attached hydrogen (secondary N) is 1. The zero-order chi connectivity index (χ0) is 14.4. The van der Waals surface area contributed by atoms with Gasteiger partial charge in [0.25, 0.3) is 0 Å². The van der Waals surface area contributed by atoms with Crippen LogP contribution in [-0.4, -0.2) is 26.8 Å².